The monoisotopic (exact) mass is 330 g/mol. The van der Waals surface area contributed by atoms with Crippen LogP contribution in [0.1, 0.15) is 32.1 Å². The lowest BCUT2D eigenvalue weighted by atomic mass is 9.93. The van der Waals surface area contributed by atoms with Gasteiger partial charge in [0.05, 0.1) is 22.7 Å². The summed E-state index contributed by atoms with van der Waals surface area (Å²) in [5, 5.41) is 15.2. The minimum atomic E-state index is -0.915. The third kappa shape index (κ3) is 4.25. The Morgan fingerprint density at radius 1 is 1.24 bits per heavy atom. The molecule has 0 bridgehead atoms. The summed E-state index contributed by atoms with van der Waals surface area (Å²) in [5.41, 5.74) is -0.239. The lowest BCUT2D eigenvalue weighted by molar-refractivity contribution is -0.138. The number of carbonyl (C=O) groups is 2. The smallest absolute Gasteiger partial charge is 0.319 e. The maximum atomic E-state index is 12.1. The van der Waals surface area contributed by atoms with Crippen LogP contribution in [0.15, 0.2) is 18.2 Å². The number of hydrogen-bond donors (Lipinski definition) is 3. The Labute approximate surface area is 132 Å². The number of benzene rings is 1. The second kappa shape index (κ2) is 6.54. The lowest BCUT2D eigenvalue weighted by Gasteiger charge is -2.28. The Kier molecular flexibility index (Phi) is 4.96. The van der Waals surface area contributed by atoms with E-state index < -0.39 is 17.5 Å². The zero-order valence-corrected chi connectivity index (χ0v) is 12.8. The van der Waals surface area contributed by atoms with Crippen LogP contribution < -0.4 is 10.6 Å². The summed E-state index contributed by atoms with van der Waals surface area (Å²) in [6.45, 7) is 0. The van der Waals surface area contributed by atoms with E-state index in [4.69, 9.17) is 28.3 Å². The van der Waals surface area contributed by atoms with E-state index in [1.807, 2.05) is 0 Å². The van der Waals surface area contributed by atoms with Gasteiger partial charge in [0, 0.05) is 5.02 Å². The van der Waals surface area contributed by atoms with Gasteiger partial charge in [0.1, 0.15) is 0 Å². The molecule has 1 aliphatic carbocycles. The maximum absolute atomic E-state index is 12.1. The normalized spacial score (nSPS) is 16.5. The number of aliphatic carboxylic acids is 1. The standard InChI is InChI=1S/C14H16Cl2N2O3/c15-9-3-4-11(10(16)7-9)17-13(21)18-14(8-12(19)20)5-1-2-6-14/h3-4,7H,1-2,5-6,8H2,(H,19,20)(H2,17,18,21). The van der Waals surface area contributed by atoms with Gasteiger partial charge >= 0.3 is 12.0 Å². The second-order valence-corrected chi connectivity index (χ2v) is 6.10. The van der Waals surface area contributed by atoms with Crippen LogP contribution >= 0.6 is 23.2 Å². The molecule has 0 radical (unpaired) electrons. The number of halogens is 2. The molecule has 7 heteroatoms. The van der Waals surface area contributed by atoms with Gasteiger partial charge in [-0.05, 0) is 31.0 Å². The average molecular weight is 331 g/mol. The van der Waals surface area contributed by atoms with Crippen LogP contribution in [-0.4, -0.2) is 22.6 Å². The van der Waals surface area contributed by atoms with E-state index in [-0.39, 0.29) is 6.42 Å². The van der Waals surface area contributed by atoms with E-state index >= 15 is 0 Å². The molecule has 0 unspecified atom stereocenters. The highest BCUT2D eigenvalue weighted by Gasteiger charge is 2.37. The Morgan fingerprint density at radius 3 is 2.48 bits per heavy atom. The molecule has 0 heterocycles. The number of amides is 2. The maximum Gasteiger partial charge on any atom is 0.319 e. The van der Waals surface area contributed by atoms with Crippen molar-refractivity contribution in [1.82, 2.24) is 5.32 Å². The molecule has 3 N–H and O–H groups in total. The van der Waals surface area contributed by atoms with Crippen molar-refractivity contribution in [3.05, 3.63) is 28.2 Å². The van der Waals surface area contributed by atoms with Crippen molar-refractivity contribution in [3.8, 4) is 0 Å². The molecular weight excluding hydrogens is 315 g/mol. The molecule has 2 rings (SSSR count). The van der Waals surface area contributed by atoms with Crippen molar-refractivity contribution in [2.45, 2.75) is 37.6 Å². The Balaban J connectivity index is 2.04. The van der Waals surface area contributed by atoms with Crippen LogP contribution in [0.4, 0.5) is 10.5 Å². The van der Waals surface area contributed by atoms with Crippen molar-refractivity contribution >= 4 is 40.9 Å². The zero-order valence-electron chi connectivity index (χ0n) is 11.3. The molecule has 0 aliphatic heterocycles. The molecule has 0 saturated heterocycles. The fraction of sp³-hybridized carbons (Fsp3) is 0.429. The first kappa shape index (κ1) is 15.9. The third-order valence-corrected chi connectivity index (χ3v) is 4.16. The molecule has 1 fully saturated rings. The number of anilines is 1. The van der Waals surface area contributed by atoms with Crippen LogP contribution in [0.25, 0.3) is 0 Å². The van der Waals surface area contributed by atoms with Gasteiger partial charge in [0.15, 0.2) is 0 Å². The summed E-state index contributed by atoms with van der Waals surface area (Å²) in [6, 6.07) is 4.29. The SMILES string of the molecule is O=C(O)CC1(NC(=O)Nc2ccc(Cl)cc2Cl)CCCC1. The Morgan fingerprint density at radius 2 is 1.90 bits per heavy atom. The highest BCUT2D eigenvalue weighted by Crippen LogP contribution is 2.33. The van der Waals surface area contributed by atoms with Gasteiger partial charge in [-0.2, -0.15) is 0 Å². The van der Waals surface area contributed by atoms with Gasteiger partial charge in [-0.15, -0.1) is 0 Å². The second-order valence-electron chi connectivity index (χ2n) is 5.26. The number of nitrogens with one attached hydrogen (secondary N) is 2. The van der Waals surface area contributed by atoms with Crippen molar-refractivity contribution in [2.75, 3.05) is 5.32 Å². The number of hydrogen-bond acceptors (Lipinski definition) is 2. The number of carboxylic acid groups (broad SMARTS) is 1. The lowest BCUT2D eigenvalue weighted by Crippen LogP contribution is -2.49. The molecule has 1 aromatic carbocycles. The van der Waals surface area contributed by atoms with Crippen molar-refractivity contribution < 1.29 is 14.7 Å². The van der Waals surface area contributed by atoms with Crippen LogP contribution in [0, 0.1) is 0 Å². The molecular formula is C14H16Cl2N2O3. The van der Waals surface area contributed by atoms with Gasteiger partial charge in [-0.1, -0.05) is 36.0 Å². The highest BCUT2D eigenvalue weighted by molar-refractivity contribution is 6.36. The van der Waals surface area contributed by atoms with Gasteiger partial charge in [0.25, 0.3) is 0 Å². The number of rotatable bonds is 4. The van der Waals surface area contributed by atoms with Crippen LogP contribution in [0.2, 0.25) is 10.0 Å². The minimum absolute atomic E-state index is 0.0746. The highest BCUT2D eigenvalue weighted by atomic mass is 35.5. The van der Waals surface area contributed by atoms with Crippen LogP contribution in [0.5, 0.6) is 0 Å². The number of carboxylic acids is 1. The number of urea groups is 1. The molecule has 2 amide bonds. The van der Waals surface area contributed by atoms with E-state index in [1.54, 1.807) is 12.1 Å². The van der Waals surface area contributed by atoms with Crippen LogP contribution in [0.3, 0.4) is 0 Å². The van der Waals surface area contributed by atoms with E-state index in [2.05, 4.69) is 10.6 Å². The summed E-state index contributed by atoms with van der Waals surface area (Å²) >= 11 is 11.8. The molecule has 114 valence electrons. The quantitative estimate of drug-likeness (QED) is 0.783. The van der Waals surface area contributed by atoms with E-state index in [9.17, 15) is 9.59 Å². The Hall–Kier alpha value is -1.46. The Bertz CT molecular complexity index is 557. The fourth-order valence-electron chi connectivity index (χ4n) is 2.67. The first-order valence-corrected chi connectivity index (χ1v) is 7.42. The van der Waals surface area contributed by atoms with Gasteiger partial charge in [0.2, 0.25) is 0 Å². The van der Waals surface area contributed by atoms with Crippen molar-refractivity contribution in [1.29, 1.82) is 0 Å². The molecule has 5 nitrogen and oxygen atoms in total. The molecule has 0 spiro atoms. The number of carbonyl (C=O) groups excluding carboxylic acids is 1. The average Bonchev–Trinajstić information content (AvgIpc) is 2.80. The summed E-state index contributed by atoms with van der Waals surface area (Å²) in [7, 11) is 0. The first-order valence-electron chi connectivity index (χ1n) is 6.66. The van der Waals surface area contributed by atoms with E-state index in [0.29, 0.717) is 28.6 Å². The van der Waals surface area contributed by atoms with Gasteiger partial charge in [-0.3, -0.25) is 4.79 Å². The topological polar surface area (TPSA) is 78.4 Å². The summed E-state index contributed by atoms with van der Waals surface area (Å²) in [5.74, 6) is -0.915. The van der Waals surface area contributed by atoms with Gasteiger partial charge in [-0.25, -0.2) is 4.79 Å². The molecule has 1 aliphatic rings. The first-order chi connectivity index (χ1) is 9.90. The summed E-state index contributed by atoms with van der Waals surface area (Å²) in [6.07, 6.45) is 3.08. The van der Waals surface area contributed by atoms with Crippen LogP contribution in [-0.2, 0) is 4.79 Å². The zero-order chi connectivity index (χ0) is 15.5. The van der Waals surface area contributed by atoms with E-state index in [0.717, 1.165) is 12.8 Å². The molecule has 0 atom stereocenters. The predicted octanol–water partition coefficient (Wildman–Crippen LogP) is 3.90. The summed E-state index contributed by atoms with van der Waals surface area (Å²) in [4.78, 5) is 23.1. The molecule has 21 heavy (non-hydrogen) atoms. The third-order valence-electron chi connectivity index (χ3n) is 3.61. The summed E-state index contributed by atoms with van der Waals surface area (Å²) < 4.78 is 0. The predicted molar refractivity (Wildman–Crippen MR) is 82.1 cm³/mol. The largest absolute Gasteiger partial charge is 0.481 e. The molecule has 1 aromatic rings. The molecule has 0 aromatic heterocycles. The fourth-order valence-corrected chi connectivity index (χ4v) is 3.13. The minimum Gasteiger partial charge on any atom is -0.481 e. The molecule has 1 saturated carbocycles. The van der Waals surface area contributed by atoms with Gasteiger partial charge < -0.3 is 15.7 Å². The van der Waals surface area contributed by atoms with Crippen molar-refractivity contribution in [2.24, 2.45) is 0 Å². The van der Waals surface area contributed by atoms with E-state index in [1.165, 1.54) is 6.07 Å². The van der Waals surface area contributed by atoms with Crippen molar-refractivity contribution in [3.63, 3.8) is 0 Å².